The molecule has 13 heavy (non-hydrogen) atoms. The van der Waals surface area contributed by atoms with Crippen LogP contribution in [0.25, 0.3) is 11.0 Å². The van der Waals surface area contributed by atoms with Crippen molar-refractivity contribution in [1.82, 2.24) is 4.98 Å². The van der Waals surface area contributed by atoms with Gasteiger partial charge in [0.15, 0.2) is 0 Å². The molecular formula is C8H4ClNO3. The van der Waals surface area contributed by atoms with Crippen LogP contribution < -0.4 is 0 Å². The van der Waals surface area contributed by atoms with Crippen LogP contribution in [0, 0.1) is 0 Å². The standard InChI is InChI=1S/C8H4ClNO3/c9-6-4-3-10-2-1-5(4)13-7(6)8(11)12/h1-3H,(H,11,12). The minimum Gasteiger partial charge on any atom is -0.475 e. The second kappa shape index (κ2) is 2.74. The lowest BCUT2D eigenvalue weighted by molar-refractivity contribution is 0.0665. The SMILES string of the molecule is O=C(O)c1oc2ccncc2c1Cl. The Morgan fingerprint density at radius 2 is 2.38 bits per heavy atom. The van der Waals surface area contributed by atoms with Crippen molar-refractivity contribution in [2.75, 3.05) is 0 Å². The summed E-state index contributed by atoms with van der Waals surface area (Å²) in [5, 5.41) is 9.28. The van der Waals surface area contributed by atoms with Crippen molar-refractivity contribution in [2.24, 2.45) is 0 Å². The van der Waals surface area contributed by atoms with Crippen LogP contribution in [0.15, 0.2) is 22.9 Å². The third-order valence-corrected chi connectivity index (χ3v) is 2.00. The highest BCUT2D eigenvalue weighted by atomic mass is 35.5. The van der Waals surface area contributed by atoms with Gasteiger partial charge in [-0.2, -0.15) is 0 Å². The molecule has 0 fully saturated rings. The van der Waals surface area contributed by atoms with Crippen LogP contribution in [-0.2, 0) is 0 Å². The number of hydrogen-bond donors (Lipinski definition) is 1. The number of furan rings is 1. The average Bonchev–Trinajstić information content (AvgIpc) is 2.45. The third-order valence-electron chi connectivity index (χ3n) is 1.62. The molecule has 5 heteroatoms. The molecule has 0 atom stereocenters. The van der Waals surface area contributed by atoms with E-state index in [1.54, 1.807) is 6.07 Å². The molecule has 0 unspecified atom stereocenters. The average molecular weight is 198 g/mol. The number of halogens is 1. The van der Waals surface area contributed by atoms with Crippen LogP contribution in [0.2, 0.25) is 5.02 Å². The Morgan fingerprint density at radius 3 is 3.00 bits per heavy atom. The summed E-state index contributed by atoms with van der Waals surface area (Å²) in [5.41, 5.74) is 0.428. The summed E-state index contributed by atoms with van der Waals surface area (Å²) >= 11 is 5.74. The van der Waals surface area contributed by atoms with E-state index in [2.05, 4.69) is 4.98 Å². The quantitative estimate of drug-likeness (QED) is 0.761. The number of hydrogen-bond acceptors (Lipinski definition) is 3. The molecule has 0 saturated heterocycles. The third kappa shape index (κ3) is 1.15. The van der Waals surface area contributed by atoms with E-state index in [1.807, 2.05) is 0 Å². The number of aromatic carboxylic acids is 1. The smallest absolute Gasteiger partial charge is 0.373 e. The molecule has 0 spiro atoms. The van der Waals surface area contributed by atoms with Gasteiger partial charge < -0.3 is 9.52 Å². The number of nitrogens with zero attached hydrogens (tertiary/aromatic N) is 1. The highest BCUT2D eigenvalue weighted by Gasteiger charge is 2.17. The van der Waals surface area contributed by atoms with E-state index in [-0.39, 0.29) is 10.8 Å². The maximum Gasteiger partial charge on any atom is 0.373 e. The number of fused-ring (bicyclic) bond motifs is 1. The highest BCUT2D eigenvalue weighted by molar-refractivity contribution is 6.37. The van der Waals surface area contributed by atoms with Gasteiger partial charge in [0, 0.05) is 12.4 Å². The maximum atomic E-state index is 10.6. The molecule has 66 valence electrons. The lowest BCUT2D eigenvalue weighted by Gasteiger charge is -1.84. The van der Waals surface area contributed by atoms with Crippen molar-refractivity contribution in [3.05, 3.63) is 29.2 Å². The monoisotopic (exact) mass is 197 g/mol. The molecule has 0 aliphatic heterocycles. The summed E-state index contributed by atoms with van der Waals surface area (Å²) in [6, 6.07) is 1.56. The first-order valence-electron chi connectivity index (χ1n) is 3.45. The first-order chi connectivity index (χ1) is 6.20. The Labute approximate surface area is 77.8 Å². The van der Waals surface area contributed by atoms with Gasteiger partial charge in [-0.25, -0.2) is 4.79 Å². The van der Waals surface area contributed by atoms with Gasteiger partial charge >= 0.3 is 5.97 Å². The number of aromatic nitrogens is 1. The minimum absolute atomic E-state index is 0.0931. The van der Waals surface area contributed by atoms with Crippen LogP contribution in [0.1, 0.15) is 10.6 Å². The van der Waals surface area contributed by atoms with Gasteiger partial charge in [-0.05, 0) is 6.07 Å². The zero-order valence-corrected chi connectivity index (χ0v) is 7.08. The van der Waals surface area contributed by atoms with Crippen LogP contribution in [0.4, 0.5) is 0 Å². The van der Waals surface area contributed by atoms with Crippen molar-refractivity contribution in [3.8, 4) is 0 Å². The fraction of sp³-hybridized carbons (Fsp3) is 0. The molecule has 2 rings (SSSR count). The van der Waals surface area contributed by atoms with E-state index in [0.29, 0.717) is 11.0 Å². The lowest BCUT2D eigenvalue weighted by atomic mass is 10.3. The predicted molar refractivity (Wildman–Crippen MR) is 46.0 cm³/mol. The van der Waals surface area contributed by atoms with Crippen molar-refractivity contribution in [3.63, 3.8) is 0 Å². The van der Waals surface area contributed by atoms with Crippen molar-refractivity contribution in [1.29, 1.82) is 0 Å². The zero-order valence-electron chi connectivity index (χ0n) is 6.32. The molecule has 0 amide bonds. The van der Waals surface area contributed by atoms with Crippen LogP contribution in [-0.4, -0.2) is 16.1 Å². The lowest BCUT2D eigenvalue weighted by Crippen LogP contribution is -1.93. The summed E-state index contributed by atoms with van der Waals surface area (Å²) in [6.07, 6.45) is 2.97. The first kappa shape index (κ1) is 8.07. The van der Waals surface area contributed by atoms with Crippen LogP contribution in [0.3, 0.4) is 0 Å². The molecule has 0 saturated carbocycles. The van der Waals surface area contributed by atoms with Gasteiger partial charge in [0.1, 0.15) is 10.6 Å². The van der Waals surface area contributed by atoms with Gasteiger partial charge in [-0.1, -0.05) is 11.6 Å². The van der Waals surface area contributed by atoms with Crippen molar-refractivity contribution >= 4 is 28.5 Å². The van der Waals surface area contributed by atoms with Gasteiger partial charge in [-0.3, -0.25) is 4.98 Å². The van der Waals surface area contributed by atoms with Gasteiger partial charge in [-0.15, -0.1) is 0 Å². The predicted octanol–water partition coefficient (Wildman–Crippen LogP) is 2.18. The second-order valence-corrected chi connectivity index (χ2v) is 2.80. The molecule has 2 heterocycles. The van der Waals surface area contributed by atoms with Crippen molar-refractivity contribution in [2.45, 2.75) is 0 Å². The number of carbonyl (C=O) groups is 1. The largest absolute Gasteiger partial charge is 0.475 e. The second-order valence-electron chi connectivity index (χ2n) is 2.42. The molecule has 4 nitrogen and oxygen atoms in total. The Bertz CT molecular complexity index is 477. The van der Waals surface area contributed by atoms with E-state index in [9.17, 15) is 4.79 Å². The molecule has 2 aromatic rings. The van der Waals surface area contributed by atoms with Gasteiger partial charge in [0.25, 0.3) is 0 Å². The van der Waals surface area contributed by atoms with Gasteiger partial charge in [0.05, 0.1) is 5.39 Å². The number of rotatable bonds is 1. The Morgan fingerprint density at radius 1 is 1.62 bits per heavy atom. The van der Waals surface area contributed by atoms with E-state index in [1.165, 1.54) is 12.4 Å². The molecule has 1 N–H and O–H groups in total. The van der Waals surface area contributed by atoms with Crippen molar-refractivity contribution < 1.29 is 14.3 Å². The molecule has 0 aliphatic carbocycles. The Kier molecular flexibility index (Phi) is 1.70. The topological polar surface area (TPSA) is 63.3 Å². The van der Waals surface area contributed by atoms with Crippen LogP contribution >= 0.6 is 11.6 Å². The maximum absolute atomic E-state index is 10.6. The Balaban J connectivity index is 2.81. The van der Waals surface area contributed by atoms with Crippen LogP contribution in [0.5, 0.6) is 0 Å². The fourth-order valence-electron chi connectivity index (χ4n) is 1.05. The van der Waals surface area contributed by atoms with E-state index in [4.69, 9.17) is 21.1 Å². The van der Waals surface area contributed by atoms with Gasteiger partial charge in [0.2, 0.25) is 5.76 Å². The summed E-state index contributed by atoms with van der Waals surface area (Å²) < 4.78 is 4.99. The van der Waals surface area contributed by atoms with E-state index < -0.39 is 5.97 Å². The fourth-order valence-corrected chi connectivity index (χ4v) is 1.31. The minimum atomic E-state index is -1.18. The molecule has 0 aromatic carbocycles. The summed E-state index contributed by atoms with van der Waals surface area (Å²) in [5.74, 6) is -1.43. The number of pyridine rings is 1. The summed E-state index contributed by atoms with van der Waals surface area (Å²) in [4.78, 5) is 14.4. The molecular weight excluding hydrogens is 194 g/mol. The molecule has 2 aromatic heterocycles. The number of carboxylic acid groups (broad SMARTS) is 1. The normalized spacial score (nSPS) is 10.5. The number of carboxylic acids is 1. The van der Waals surface area contributed by atoms with E-state index >= 15 is 0 Å². The molecule has 0 bridgehead atoms. The van der Waals surface area contributed by atoms with E-state index in [0.717, 1.165) is 0 Å². The molecule has 0 radical (unpaired) electrons. The highest BCUT2D eigenvalue weighted by Crippen LogP contribution is 2.29. The summed E-state index contributed by atoms with van der Waals surface area (Å²) in [6.45, 7) is 0. The zero-order chi connectivity index (χ0) is 9.42. The Hall–Kier alpha value is -1.55. The molecule has 0 aliphatic rings. The first-order valence-corrected chi connectivity index (χ1v) is 3.83. The summed E-state index contributed by atoms with van der Waals surface area (Å²) in [7, 11) is 0.